The predicted octanol–water partition coefficient (Wildman–Crippen LogP) is 8.64. The Bertz CT molecular complexity index is 1740. The van der Waals surface area contributed by atoms with Gasteiger partial charge < -0.3 is 19.4 Å². The van der Waals surface area contributed by atoms with E-state index in [0.717, 1.165) is 67.0 Å². The molecular formula is C38H43FN2O4S. The summed E-state index contributed by atoms with van der Waals surface area (Å²) in [5, 5.41) is 18.4. The Hall–Kier alpha value is -4.14. The molecular weight excluding hydrogens is 599 g/mol. The maximum absolute atomic E-state index is 13.5. The average Bonchev–Trinajstić information content (AvgIpc) is 2.98. The van der Waals surface area contributed by atoms with Crippen molar-refractivity contribution in [3.8, 4) is 22.3 Å². The van der Waals surface area contributed by atoms with Crippen LogP contribution >= 0.6 is 11.9 Å². The molecule has 0 aliphatic carbocycles. The van der Waals surface area contributed by atoms with Crippen molar-refractivity contribution in [3.63, 3.8) is 0 Å². The van der Waals surface area contributed by atoms with E-state index in [1.807, 2.05) is 26.2 Å². The van der Waals surface area contributed by atoms with Crippen LogP contribution in [0.2, 0.25) is 0 Å². The molecule has 6 nitrogen and oxygen atoms in total. The van der Waals surface area contributed by atoms with Gasteiger partial charge in [-0.1, -0.05) is 60.0 Å². The van der Waals surface area contributed by atoms with E-state index in [2.05, 4.69) is 47.6 Å². The molecule has 1 heterocycles. The fraction of sp³-hybridized carbons (Fsp3) is 0.316. The summed E-state index contributed by atoms with van der Waals surface area (Å²) in [6, 6.07) is 20.6. The van der Waals surface area contributed by atoms with Gasteiger partial charge in [0.05, 0.1) is 30.8 Å². The highest BCUT2D eigenvalue weighted by Gasteiger charge is 2.31. The molecule has 0 radical (unpaired) electrons. The van der Waals surface area contributed by atoms with Crippen LogP contribution in [-0.4, -0.2) is 33.9 Å². The number of aliphatic carboxylic acids is 1. The molecule has 0 atom stereocenters. The van der Waals surface area contributed by atoms with Crippen LogP contribution in [0, 0.1) is 26.6 Å². The normalized spacial score (nSPS) is 12.1. The molecule has 1 amide bonds. The summed E-state index contributed by atoms with van der Waals surface area (Å²) in [6.45, 7) is 13.9. The molecule has 0 saturated carbocycles. The van der Waals surface area contributed by atoms with Gasteiger partial charge in [-0.05, 0) is 110 Å². The minimum absolute atomic E-state index is 0.0614. The van der Waals surface area contributed by atoms with E-state index < -0.39 is 11.6 Å². The second kappa shape index (κ2) is 14.1. The standard InChI is InChI=1S/C34H33FN2O3S.C4H10O/c1-20-6-10-25(11-7-20)32-22(3)33-29-15-14-28(36(23(4)38)18-24-8-12-27(35)13-9-24)16-26(29)19-37(41-5)34(33)21(2)30(32)17-31(39)40;1-4(2,3)5/h6-16H,17-19H2,1-5H3,(H,39,40);5H,1-3H3. The number of carbonyl (C=O) groups excluding carboxylic acids is 1. The van der Waals surface area contributed by atoms with Crippen molar-refractivity contribution in [2.75, 3.05) is 15.5 Å². The highest BCUT2D eigenvalue weighted by Crippen LogP contribution is 2.50. The predicted molar refractivity (Wildman–Crippen MR) is 188 cm³/mol. The van der Waals surface area contributed by atoms with Crippen molar-refractivity contribution < 1.29 is 24.2 Å². The molecule has 0 bridgehead atoms. The van der Waals surface area contributed by atoms with Gasteiger partial charge in [0.25, 0.3) is 0 Å². The largest absolute Gasteiger partial charge is 0.481 e. The molecule has 0 saturated heterocycles. The third-order valence-corrected chi connectivity index (χ3v) is 8.60. The maximum Gasteiger partial charge on any atom is 0.307 e. The molecule has 4 aromatic carbocycles. The molecule has 242 valence electrons. The smallest absolute Gasteiger partial charge is 0.307 e. The quantitative estimate of drug-likeness (QED) is 0.197. The number of anilines is 2. The first kappa shape index (κ1) is 34.7. The summed E-state index contributed by atoms with van der Waals surface area (Å²) in [5.74, 6) is -1.27. The Balaban J connectivity index is 0.000000892. The van der Waals surface area contributed by atoms with Crippen molar-refractivity contribution in [1.82, 2.24) is 0 Å². The van der Waals surface area contributed by atoms with E-state index in [1.54, 1.807) is 49.8 Å². The van der Waals surface area contributed by atoms with Crippen LogP contribution in [0.4, 0.5) is 15.8 Å². The minimum atomic E-state index is -0.858. The van der Waals surface area contributed by atoms with Gasteiger partial charge in [-0.25, -0.2) is 4.39 Å². The summed E-state index contributed by atoms with van der Waals surface area (Å²) < 4.78 is 15.7. The topological polar surface area (TPSA) is 81.1 Å². The van der Waals surface area contributed by atoms with Crippen LogP contribution in [-0.2, 0) is 29.1 Å². The number of carboxylic acids is 1. The van der Waals surface area contributed by atoms with Gasteiger partial charge in [-0.3, -0.25) is 9.59 Å². The van der Waals surface area contributed by atoms with E-state index >= 15 is 0 Å². The van der Waals surface area contributed by atoms with E-state index in [-0.39, 0.29) is 18.1 Å². The van der Waals surface area contributed by atoms with Crippen LogP contribution in [0.5, 0.6) is 0 Å². The van der Waals surface area contributed by atoms with E-state index in [1.165, 1.54) is 19.1 Å². The van der Waals surface area contributed by atoms with Gasteiger partial charge in [0.2, 0.25) is 5.91 Å². The number of hydrogen-bond acceptors (Lipinski definition) is 5. The Morgan fingerprint density at radius 2 is 1.54 bits per heavy atom. The van der Waals surface area contributed by atoms with Crippen molar-refractivity contribution in [2.45, 2.75) is 73.6 Å². The summed E-state index contributed by atoms with van der Waals surface area (Å²) in [5.41, 5.74) is 11.3. The van der Waals surface area contributed by atoms with Crippen LogP contribution in [0.25, 0.3) is 22.3 Å². The zero-order chi connectivity index (χ0) is 33.9. The number of halogens is 1. The molecule has 0 spiro atoms. The molecule has 0 aromatic heterocycles. The number of fused-ring (bicyclic) bond motifs is 3. The lowest BCUT2D eigenvalue weighted by atomic mass is 9.81. The molecule has 46 heavy (non-hydrogen) atoms. The highest BCUT2D eigenvalue weighted by molar-refractivity contribution is 7.99. The van der Waals surface area contributed by atoms with Crippen molar-refractivity contribution in [1.29, 1.82) is 0 Å². The van der Waals surface area contributed by atoms with Crippen molar-refractivity contribution >= 4 is 35.2 Å². The lowest BCUT2D eigenvalue weighted by Crippen LogP contribution is -2.28. The fourth-order valence-electron chi connectivity index (χ4n) is 5.84. The maximum atomic E-state index is 13.5. The highest BCUT2D eigenvalue weighted by atomic mass is 32.2. The SMILES string of the molecule is CC(C)(C)O.CSN1Cc2cc(N(Cc3ccc(F)cc3)C(C)=O)ccc2-c2c(C)c(-c3ccc(C)cc3)c(CC(=O)O)c(C)c21. The third kappa shape index (κ3) is 7.98. The lowest BCUT2D eigenvalue weighted by molar-refractivity contribution is -0.136. The van der Waals surface area contributed by atoms with E-state index in [4.69, 9.17) is 5.11 Å². The molecule has 4 aromatic rings. The number of aryl methyl sites for hydroxylation is 1. The minimum Gasteiger partial charge on any atom is -0.481 e. The summed E-state index contributed by atoms with van der Waals surface area (Å²) in [7, 11) is 0. The summed E-state index contributed by atoms with van der Waals surface area (Å²) >= 11 is 1.60. The summed E-state index contributed by atoms with van der Waals surface area (Å²) in [6.07, 6.45) is 1.96. The van der Waals surface area contributed by atoms with Gasteiger partial charge in [0.15, 0.2) is 0 Å². The molecule has 0 fully saturated rings. The van der Waals surface area contributed by atoms with Crippen LogP contribution in [0.3, 0.4) is 0 Å². The monoisotopic (exact) mass is 642 g/mol. The number of carboxylic acid groups (broad SMARTS) is 1. The molecule has 1 aliphatic rings. The molecule has 8 heteroatoms. The first-order valence-corrected chi connectivity index (χ1v) is 16.4. The number of amides is 1. The number of rotatable bonds is 7. The Morgan fingerprint density at radius 3 is 2.09 bits per heavy atom. The lowest BCUT2D eigenvalue weighted by Gasteiger charge is -2.36. The molecule has 5 rings (SSSR count). The van der Waals surface area contributed by atoms with Gasteiger partial charge in [-0.2, -0.15) is 0 Å². The Labute approximate surface area is 276 Å². The second-order valence-corrected chi connectivity index (χ2v) is 13.5. The molecule has 2 N–H and O–H groups in total. The number of nitrogens with zero attached hydrogens (tertiary/aromatic N) is 2. The van der Waals surface area contributed by atoms with Crippen LogP contribution in [0.15, 0.2) is 66.7 Å². The number of aliphatic hydroxyl groups is 1. The molecule has 0 unspecified atom stereocenters. The first-order valence-electron chi connectivity index (χ1n) is 15.2. The van der Waals surface area contributed by atoms with Crippen LogP contribution in [0.1, 0.15) is 61.1 Å². The average molecular weight is 643 g/mol. The van der Waals surface area contributed by atoms with Crippen molar-refractivity contribution in [2.24, 2.45) is 0 Å². The zero-order valence-electron chi connectivity index (χ0n) is 27.9. The third-order valence-electron chi connectivity index (χ3n) is 7.85. The van der Waals surface area contributed by atoms with Gasteiger partial charge in [-0.15, -0.1) is 0 Å². The summed E-state index contributed by atoms with van der Waals surface area (Å²) in [4.78, 5) is 26.5. The Kier molecular flexibility index (Phi) is 10.6. The van der Waals surface area contributed by atoms with Gasteiger partial charge in [0, 0.05) is 24.4 Å². The fourth-order valence-corrected chi connectivity index (χ4v) is 6.52. The van der Waals surface area contributed by atoms with E-state index in [9.17, 15) is 19.1 Å². The molecule has 1 aliphatic heterocycles. The number of hydrogen-bond donors (Lipinski definition) is 2. The second-order valence-electron chi connectivity index (χ2n) is 12.7. The van der Waals surface area contributed by atoms with Crippen LogP contribution < -0.4 is 9.21 Å². The van der Waals surface area contributed by atoms with Crippen molar-refractivity contribution in [3.05, 3.63) is 106 Å². The number of carbonyl (C=O) groups is 2. The van der Waals surface area contributed by atoms with E-state index in [0.29, 0.717) is 13.1 Å². The van der Waals surface area contributed by atoms with Gasteiger partial charge >= 0.3 is 5.97 Å². The Morgan fingerprint density at radius 1 is 0.935 bits per heavy atom. The zero-order valence-corrected chi connectivity index (χ0v) is 28.7. The van der Waals surface area contributed by atoms with Gasteiger partial charge in [0.1, 0.15) is 5.82 Å². The first-order chi connectivity index (χ1) is 21.6. The number of benzene rings is 4.